The van der Waals surface area contributed by atoms with Gasteiger partial charge in [0.1, 0.15) is 11.1 Å². The number of nitrogens with zero attached hydrogens (tertiary/aromatic N) is 7. The fraction of sp³-hybridized carbons (Fsp3) is 0.333. The van der Waals surface area contributed by atoms with E-state index in [1.165, 1.54) is 10.6 Å². The van der Waals surface area contributed by atoms with E-state index in [0.29, 0.717) is 53.9 Å². The zero-order valence-corrected chi connectivity index (χ0v) is 21.7. The molecule has 38 heavy (non-hydrogen) atoms. The minimum Gasteiger partial charge on any atom is -0.444 e. The normalized spacial score (nSPS) is 14.8. The highest BCUT2D eigenvalue weighted by Crippen LogP contribution is 2.30. The van der Waals surface area contributed by atoms with Crippen molar-refractivity contribution in [3.63, 3.8) is 0 Å². The molecule has 6 rings (SSSR count). The fourth-order valence-corrected chi connectivity index (χ4v) is 5.11. The number of rotatable bonds is 2. The molecular weight excluding hydrogens is 489 g/mol. The van der Waals surface area contributed by atoms with Crippen molar-refractivity contribution in [3.05, 3.63) is 64.1 Å². The topological polar surface area (TPSA) is 89.4 Å². The molecule has 196 valence electrons. The largest absolute Gasteiger partial charge is 0.444 e. The summed E-state index contributed by atoms with van der Waals surface area (Å²) in [5.41, 5.74) is 2.22. The van der Waals surface area contributed by atoms with Gasteiger partial charge in [0.25, 0.3) is 5.56 Å². The standard InChI is InChI=1S/C27H28FN7O3/c1-16-14-33-15-18(12-21(28)24(33)30-16)34-17(2)35-23-19(25(34)36)6-7-22(20(23)13-29-35)31-8-10-32(11-9-31)26(37)38-27(3,4)5/h6-7,12-15H,2,8-11H2,1,3-5H3. The maximum atomic E-state index is 14.8. The van der Waals surface area contributed by atoms with Crippen LogP contribution in [0.25, 0.3) is 34.2 Å². The molecule has 0 atom stereocenters. The fourth-order valence-electron chi connectivity index (χ4n) is 5.11. The number of aryl methyl sites for hydroxylation is 1. The van der Waals surface area contributed by atoms with Crippen molar-refractivity contribution in [1.82, 2.24) is 28.5 Å². The summed E-state index contributed by atoms with van der Waals surface area (Å²) in [4.78, 5) is 34.2. The molecule has 10 nitrogen and oxygen atoms in total. The van der Waals surface area contributed by atoms with Gasteiger partial charge in [0.2, 0.25) is 0 Å². The molecule has 11 heteroatoms. The van der Waals surface area contributed by atoms with Crippen LogP contribution >= 0.6 is 0 Å². The molecule has 0 aliphatic carbocycles. The van der Waals surface area contributed by atoms with E-state index in [4.69, 9.17) is 4.74 Å². The zero-order chi connectivity index (χ0) is 26.9. The molecule has 1 aromatic carbocycles. The first-order chi connectivity index (χ1) is 18.0. The smallest absolute Gasteiger partial charge is 0.410 e. The number of pyridine rings is 1. The average Bonchev–Trinajstić information content (AvgIpc) is 3.46. The Hall–Kier alpha value is -4.41. The number of carbonyl (C=O) groups is 1. The van der Waals surface area contributed by atoms with Crippen molar-refractivity contribution in [2.24, 2.45) is 0 Å². The van der Waals surface area contributed by atoms with Gasteiger partial charge in [0.15, 0.2) is 11.5 Å². The van der Waals surface area contributed by atoms with Gasteiger partial charge in [-0.2, -0.15) is 5.10 Å². The van der Waals surface area contributed by atoms with Crippen LogP contribution in [0.4, 0.5) is 14.9 Å². The molecular formula is C27H28FN7O3. The van der Waals surface area contributed by atoms with Crippen LogP contribution in [-0.2, 0) is 4.74 Å². The van der Waals surface area contributed by atoms with Crippen LogP contribution < -0.4 is 15.9 Å². The van der Waals surface area contributed by atoms with Crippen LogP contribution in [0.5, 0.6) is 0 Å². The van der Waals surface area contributed by atoms with Gasteiger partial charge in [-0.1, -0.05) is 6.58 Å². The minimum absolute atomic E-state index is 0.194. The Kier molecular flexibility index (Phi) is 5.23. The highest BCUT2D eigenvalue weighted by Gasteiger charge is 2.27. The second-order valence-corrected chi connectivity index (χ2v) is 10.6. The van der Waals surface area contributed by atoms with E-state index < -0.39 is 11.4 Å². The van der Waals surface area contributed by atoms with Gasteiger partial charge >= 0.3 is 6.09 Å². The Balaban J connectivity index is 1.39. The lowest BCUT2D eigenvalue weighted by Gasteiger charge is -2.37. The van der Waals surface area contributed by atoms with Gasteiger partial charge < -0.3 is 18.9 Å². The highest BCUT2D eigenvalue weighted by molar-refractivity contribution is 6.02. The van der Waals surface area contributed by atoms with Crippen molar-refractivity contribution in [2.75, 3.05) is 31.1 Å². The molecule has 0 spiro atoms. The first-order valence-electron chi connectivity index (χ1n) is 12.4. The Morgan fingerprint density at radius 1 is 1.11 bits per heavy atom. The molecule has 1 amide bonds. The molecule has 0 saturated carbocycles. The van der Waals surface area contributed by atoms with E-state index in [-0.39, 0.29) is 17.3 Å². The quantitative estimate of drug-likeness (QED) is 0.358. The van der Waals surface area contributed by atoms with Gasteiger partial charge in [-0.15, -0.1) is 0 Å². The Morgan fingerprint density at radius 2 is 1.84 bits per heavy atom. The van der Waals surface area contributed by atoms with E-state index in [1.807, 2.05) is 26.8 Å². The van der Waals surface area contributed by atoms with E-state index >= 15 is 0 Å². The molecule has 5 heterocycles. The van der Waals surface area contributed by atoms with E-state index in [0.717, 1.165) is 11.1 Å². The number of hydrogen-bond donors (Lipinski definition) is 0. The van der Waals surface area contributed by atoms with E-state index in [1.54, 1.807) is 45.4 Å². The SMILES string of the molecule is C=c1n(-c2cc(F)c3nc(C)cn3c2)c(=O)c2ccc(N3CCN(C(=O)OC(C)(C)C)CC3)c3cnn1c32. The van der Waals surface area contributed by atoms with Crippen molar-refractivity contribution in [1.29, 1.82) is 0 Å². The molecule has 0 N–H and O–H groups in total. The first kappa shape index (κ1) is 24.0. The number of ether oxygens (including phenoxy) is 1. The van der Waals surface area contributed by atoms with Gasteiger partial charge in [-0.05, 0) is 39.8 Å². The number of halogens is 1. The molecule has 1 aliphatic heterocycles. The Labute approximate surface area is 217 Å². The summed E-state index contributed by atoms with van der Waals surface area (Å²) in [7, 11) is 0. The van der Waals surface area contributed by atoms with Crippen LogP contribution in [0, 0.1) is 12.7 Å². The summed E-state index contributed by atoms with van der Waals surface area (Å²) in [5.74, 6) is -0.534. The third-order valence-corrected chi connectivity index (χ3v) is 6.79. The number of aromatic nitrogens is 5. The lowest BCUT2D eigenvalue weighted by Crippen LogP contribution is -2.50. The maximum Gasteiger partial charge on any atom is 0.410 e. The van der Waals surface area contributed by atoms with Crippen LogP contribution in [0.2, 0.25) is 0 Å². The number of benzene rings is 1. The van der Waals surface area contributed by atoms with Crippen LogP contribution in [-0.4, -0.2) is 66.3 Å². The number of piperazine rings is 1. The number of fused-ring (bicyclic) bond motifs is 1. The predicted molar refractivity (Wildman–Crippen MR) is 142 cm³/mol. The van der Waals surface area contributed by atoms with Crippen LogP contribution in [0.1, 0.15) is 26.5 Å². The average molecular weight is 518 g/mol. The number of anilines is 1. The predicted octanol–water partition coefficient (Wildman–Crippen LogP) is 2.92. The summed E-state index contributed by atoms with van der Waals surface area (Å²) in [5, 5.41) is 5.81. The minimum atomic E-state index is -0.545. The van der Waals surface area contributed by atoms with Crippen molar-refractivity contribution >= 4 is 40.3 Å². The van der Waals surface area contributed by atoms with Crippen molar-refractivity contribution in [3.8, 4) is 5.69 Å². The van der Waals surface area contributed by atoms with Gasteiger partial charge in [0, 0.05) is 55.7 Å². The molecule has 1 aliphatic rings. The molecule has 0 unspecified atom stereocenters. The highest BCUT2D eigenvalue weighted by atomic mass is 19.1. The van der Waals surface area contributed by atoms with Crippen molar-refractivity contribution < 1.29 is 13.9 Å². The van der Waals surface area contributed by atoms with Gasteiger partial charge in [-0.25, -0.2) is 18.7 Å². The van der Waals surface area contributed by atoms with E-state index in [2.05, 4.69) is 21.6 Å². The monoisotopic (exact) mass is 517 g/mol. The van der Waals surface area contributed by atoms with E-state index in [9.17, 15) is 14.0 Å². The molecule has 5 aromatic rings. The second-order valence-electron chi connectivity index (χ2n) is 10.6. The number of imidazole rings is 1. The summed E-state index contributed by atoms with van der Waals surface area (Å²) in [6, 6.07) is 4.96. The molecule has 1 saturated heterocycles. The number of carbonyl (C=O) groups excluding carboxylic acids is 1. The van der Waals surface area contributed by atoms with Crippen LogP contribution in [0.15, 0.2) is 41.6 Å². The summed E-state index contributed by atoms with van der Waals surface area (Å²) in [6.07, 6.45) is 4.77. The lowest BCUT2D eigenvalue weighted by molar-refractivity contribution is 0.0240. The summed E-state index contributed by atoms with van der Waals surface area (Å²) >= 11 is 0. The lowest BCUT2D eigenvalue weighted by atomic mass is 10.1. The Morgan fingerprint density at radius 3 is 2.55 bits per heavy atom. The van der Waals surface area contributed by atoms with Gasteiger partial charge in [-0.3, -0.25) is 9.36 Å². The third kappa shape index (κ3) is 3.77. The molecule has 1 fully saturated rings. The van der Waals surface area contributed by atoms with Gasteiger partial charge in [0.05, 0.1) is 28.5 Å². The first-order valence-corrected chi connectivity index (χ1v) is 12.4. The Bertz CT molecular complexity index is 1840. The summed E-state index contributed by atoms with van der Waals surface area (Å²) < 4.78 is 24.9. The maximum absolute atomic E-state index is 14.8. The summed E-state index contributed by atoms with van der Waals surface area (Å²) in [6.45, 7) is 13.7. The number of hydrogen-bond acceptors (Lipinski definition) is 6. The molecule has 0 bridgehead atoms. The molecule has 0 radical (unpaired) electrons. The van der Waals surface area contributed by atoms with Crippen LogP contribution in [0.3, 0.4) is 0 Å². The second kappa shape index (κ2) is 8.30. The third-order valence-electron chi connectivity index (χ3n) is 6.79. The molecule has 4 aromatic heterocycles. The van der Waals surface area contributed by atoms with Crippen molar-refractivity contribution in [2.45, 2.75) is 33.3 Å². The number of amides is 1. The zero-order valence-electron chi connectivity index (χ0n) is 21.7.